The highest BCUT2D eigenvalue weighted by Crippen LogP contribution is 2.30. The predicted octanol–water partition coefficient (Wildman–Crippen LogP) is 5.72. The second-order valence-electron chi connectivity index (χ2n) is 8.66. The summed E-state index contributed by atoms with van der Waals surface area (Å²) in [5, 5.41) is 0. The molecule has 0 bridgehead atoms. The zero-order chi connectivity index (χ0) is 23.2. The van der Waals surface area contributed by atoms with E-state index < -0.39 is 0 Å². The summed E-state index contributed by atoms with van der Waals surface area (Å²) in [6.45, 7) is 4.39. The topological polar surface area (TPSA) is 39.7 Å². The van der Waals surface area contributed by atoms with E-state index in [-0.39, 0.29) is 43.1 Å². The fourth-order valence-corrected chi connectivity index (χ4v) is 4.07. The maximum atomic E-state index is 13.5. The smallest absolute Gasteiger partial charge is 0.241 e. The van der Waals surface area contributed by atoms with E-state index in [0.29, 0.717) is 24.8 Å². The number of amides is 1. The molecule has 2 aromatic carbocycles. The molecule has 0 saturated heterocycles. The van der Waals surface area contributed by atoms with E-state index in [1.54, 1.807) is 17.0 Å². The van der Waals surface area contributed by atoms with Crippen molar-refractivity contribution >= 4 is 42.2 Å². The van der Waals surface area contributed by atoms with Gasteiger partial charge in [-0.25, -0.2) is 9.37 Å². The highest BCUT2D eigenvalue weighted by molar-refractivity contribution is 5.94. The number of carbonyl (C=O) groups excluding carboxylic acids is 1. The van der Waals surface area contributed by atoms with Crippen molar-refractivity contribution in [3.05, 3.63) is 89.9 Å². The Hall–Kier alpha value is -2.67. The van der Waals surface area contributed by atoms with Crippen LogP contribution in [-0.4, -0.2) is 42.0 Å². The zero-order valence-corrected chi connectivity index (χ0v) is 21.8. The largest absolute Gasteiger partial charge is 0.354 e. The third-order valence-electron chi connectivity index (χ3n) is 5.91. The quantitative estimate of drug-likeness (QED) is 0.344. The summed E-state index contributed by atoms with van der Waals surface area (Å²) in [5.74, 6) is 0.612. The molecule has 1 fully saturated rings. The van der Waals surface area contributed by atoms with Gasteiger partial charge in [-0.1, -0.05) is 36.4 Å². The number of aromatic nitrogens is 1. The first-order chi connectivity index (χ1) is 16.0. The minimum atomic E-state index is -0.321. The first kappa shape index (κ1) is 28.6. The number of halogens is 3. The highest BCUT2D eigenvalue weighted by Gasteiger charge is 2.28. The van der Waals surface area contributed by atoms with E-state index >= 15 is 0 Å². The molecule has 0 spiro atoms. The standard InChI is InChI=1S/C27H31FN4O.2ClH/c1-3-31(24-14-15-24)26-16-9-22(17-29-26)19-32(25-12-10-23(28)11-13-25)27(33)20-30(2)18-21-7-5-4-6-8-21;;/h4-13,16-17,24H,3,14-15,18-20H2,1-2H3;2*1H. The summed E-state index contributed by atoms with van der Waals surface area (Å²) in [6, 6.07) is 20.8. The van der Waals surface area contributed by atoms with Crippen molar-refractivity contribution in [2.75, 3.05) is 29.9 Å². The van der Waals surface area contributed by atoms with Gasteiger partial charge in [0.2, 0.25) is 5.91 Å². The van der Waals surface area contributed by atoms with Crippen molar-refractivity contribution in [1.29, 1.82) is 0 Å². The van der Waals surface area contributed by atoms with Gasteiger partial charge in [0, 0.05) is 31.0 Å². The lowest BCUT2D eigenvalue weighted by atomic mass is 10.2. The minimum absolute atomic E-state index is 0. The second-order valence-corrected chi connectivity index (χ2v) is 8.66. The molecule has 1 amide bonds. The summed E-state index contributed by atoms with van der Waals surface area (Å²) in [7, 11) is 1.93. The summed E-state index contributed by atoms with van der Waals surface area (Å²) >= 11 is 0. The lowest BCUT2D eigenvalue weighted by Crippen LogP contribution is -2.38. The van der Waals surface area contributed by atoms with Crippen molar-refractivity contribution in [3.63, 3.8) is 0 Å². The monoisotopic (exact) mass is 518 g/mol. The predicted molar refractivity (Wildman–Crippen MR) is 145 cm³/mol. The molecule has 1 saturated carbocycles. The van der Waals surface area contributed by atoms with Crippen LogP contribution in [0.3, 0.4) is 0 Å². The van der Waals surface area contributed by atoms with Crippen LogP contribution in [0.15, 0.2) is 72.9 Å². The number of pyridine rings is 1. The van der Waals surface area contributed by atoms with Gasteiger partial charge in [0.15, 0.2) is 0 Å². The van der Waals surface area contributed by atoms with Crippen LogP contribution in [0.25, 0.3) is 0 Å². The maximum absolute atomic E-state index is 13.5. The highest BCUT2D eigenvalue weighted by atomic mass is 35.5. The summed E-state index contributed by atoms with van der Waals surface area (Å²) in [6.07, 6.45) is 4.29. The van der Waals surface area contributed by atoms with Crippen molar-refractivity contribution < 1.29 is 9.18 Å². The molecule has 0 atom stereocenters. The molecule has 4 rings (SSSR count). The van der Waals surface area contributed by atoms with Gasteiger partial charge in [-0.3, -0.25) is 9.69 Å². The number of nitrogens with zero attached hydrogens (tertiary/aromatic N) is 4. The van der Waals surface area contributed by atoms with E-state index in [4.69, 9.17) is 0 Å². The number of rotatable bonds is 10. The molecule has 0 unspecified atom stereocenters. The molecule has 0 aliphatic heterocycles. The minimum Gasteiger partial charge on any atom is -0.354 e. The van der Waals surface area contributed by atoms with Crippen LogP contribution in [-0.2, 0) is 17.9 Å². The third-order valence-corrected chi connectivity index (χ3v) is 5.91. The molecule has 1 heterocycles. The molecule has 1 aromatic heterocycles. The number of hydrogen-bond donors (Lipinski definition) is 0. The molecule has 5 nitrogen and oxygen atoms in total. The molecule has 0 radical (unpaired) electrons. The average molecular weight is 519 g/mol. The van der Waals surface area contributed by atoms with E-state index in [1.165, 1.54) is 25.0 Å². The van der Waals surface area contributed by atoms with Crippen LogP contribution in [0.2, 0.25) is 0 Å². The summed E-state index contributed by atoms with van der Waals surface area (Å²) in [5.41, 5.74) is 2.76. The molecule has 3 aromatic rings. The summed E-state index contributed by atoms with van der Waals surface area (Å²) in [4.78, 5) is 24.0. The molecule has 1 aliphatic rings. The number of hydrogen-bond acceptors (Lipinski definition) is 4. The van der Waals surface area contributed by atoms with Gasteiger partial charge >= 0.3 is 0 Å². The van der Waals surface area contributed by atoms with Gasteiger partial charge < -0.3 is 9.80 Å². The Morgan fingerprint density at radius 3 is 2.20 bits per heavy atom. The van der Waals surface area contributed by atoms with Crippen LogP contribution < -0.4 is 9.80 Å². The number of carbonyl (C=O) groups is 1. The zero-order valence-electron chi connectivity index (χ0n) is 20.1. The second kappa shape index (κ2) is 13.4. The molecule has 35 heavy (non-hydrogen) atoms. The fraction of sp³-hybridized carbons (Fsp3) is 0.333. The Kier molecular flexibility index (Phi) is 11.0. The SMILES string of the molecule is CCN(c1ccc(CN(C(=O)CN(C)Cc2ccccc2)c2ccc(F)cc2)cn1)C1CC1.Cl.Cl. The number of anilines is 2. The van der Waals surface area contributed by atoms with Crippen LogP contribution in [0, 0.1) is 5.82 Å². The van der Waals surface area contributed by atoms with Crippen LogP contribution in [0.1, 0.15) is 30.9 Å². The van der Waals surface area contributed by atoms with Gasteiger partial charge in [0.05, 0.1) is 13.1 Å². The Bertz CT molecular complexity index is 1050. The average Bonchev–Trinajstić information content (AvgIpc) is 3.65. The van der Waals surface area contributed by atoms with Crippen LogP contribution >= 0.6 is 24.8 Å². The van der Waals surface area contributed by atoms with Gasteiger partial charge in [0.25, 0.3) is 0 Å². The maximum Gasteiger partial charge on any atom is 0.241 e. The third kappa shape index (κ3) is 7.92. The molecule has 188 valence electrons. The molecule has 1 aliphatic carbocycles. The van der Waals surface area contributed by atoms with E-state index in [2.05, 4.69) is 16.8 Å². The van der Waals surface area contributed by atoms with Gasteiger partial charge in [-0.15, -0.1) is 24.8 Å². The first-order valence-corrected chi connectivity index (χ1v) is 11.5. The molecule has 0 N–H and O–H groups in total. The van der Waals surface area contributed by atoms with E-state index in [0.717, 1.165) is 23.5 Å². The number of likely N-dealkylation sites (N-methyl/N-ethyl adjacent to an activating group) is 1. The summed E-state index contributed by atoms with van der Waals surface area (Å²) < 4.78 is 13.5. The van der Waals surface area contributed by atoms with Crippen molar-refractivity contribution in [2.45, 2.75) is 38.9 Å². The Balaban J connectivity index is 0.00000216. The Morgan fingerprint density at radius 2 is 1.63 bits per heavy atom. The normalized spacial score (nSPS) is 12.5. The van der Waals surface area contributed by atoms with Crippen LogP contribution in [0.5, 0.6) is 0 Å². The van der Waals surface area contributed by atoms with E-state index in [1.807, 2.05) is 60.6 Å². The lowest BCUT2D eigenvalue weighted by molar-refractivity contribution is -0.119. The Morgan fingerprint density at radius 1 is 0.943 bits per heavy atom. The van der Waals surface area contributed by atoms with Crippen LogP contribution in [0.4, 0.5) is 15.9 Å². The molecular weight excluding hydrogens is 486 g/mol. The van der Waals surface area contributed by atoms with Crippen molar-refractivity contribution in [2.24, 2.45) is 0 Å². The van der Waals surface area contributed by atoms with Gasteiger partial charge in [-0.2, -0.15) is 0 Å². The van der Waals surface area contributed by atoms with Crippen molar-refractivity contribution in [1.82, 2.24) is 9.88 Å². The van der Waals surface area contributed by atoms with E-state index in [9.17, 15) is 9.18 Å². The van der Waals surface area contributed by atoms with Gasteiger partial charge in [-0.05, 0) is 68.3 Å². The molecule has 8 heteroatoms. The molecular formula is C27H33Cl2FN4O. The first-order valence-electron chi connectivity index (χ1n) is 11.5. The number of benzene rings is 2. The lowest BCUT2D eigenvalue weighted by Gasteiger charge is -2.26. The van der Waals surface area contributed by atoms with Gasteiger partial charge in [0.1, 0.15) is 11.6 Å². The van der Waals surface area contributed by atoms with Crippen molar-refractivity contribution in [3.8, 4) is 0 Å². The fourth-order valence-electron chi connectivity index (χ4n) is 4.07. The Labute approximate surface area is 219 Å².